The van der Waals surface area contributed by atoms with Gasteiger partial charge in [-0.05, 0) is 50.3 Å². The average molecular weight is 437 g/mol. The number of benzene rings is 3. The van der Waals surface area contributed by atoms with Crippen molar-refractivity contribution < 1.29 is 9.84 Å². The summed E-state index contributed by atoms with van der Waals surface area (Å²) in [5.41, 5.74) is 5.52. The van der Waals surface area contributed by atoms with E-state index < -0.39 is 6.17 Å². The molecule has 0 bridgehead atoms. The van der Waals surface area contributed by atoms with Gasteiger partial charge >= 0.3 is 0 Å². The van der Waals surface area contributed by atoms with Gasteiger partial charge in [0, 0.05) is 36.0 Å². The molecular formula is C27H24N4O2. The summed E-state index contributed by atoms with van der Waals surface area (Å²) < 4.78 is 8.46. The summed E-state index contributed by atoms with van der Waals surface area (Å²) in [4.78, 5) is 12.2. The number of hydrogen-bond donors (Lipinski definition) is 1. The summed E-state index contributed by atoms with van der Waals surface area (Å²) in [6.07, 6.45) is 1.62. The number of para-hydroxylation sites is 3. The zero-order chi connectivity index (χ0) is 22.5. The van der Waals surface area contributed by atoms with Gasteiger partial charge in [-0.2, -0.15) is 0 Å². The third-order valence-electron chi connectivity index (χ3n) is 6.40. The van der Waals surface area contributed by atoms with Crippen LogP contribution in [0.3, 0.4) is 0 Å². The number of hydrogen-bond acceptors (Lipinski definition) is 5. The second-order valence-corrected chi connectivity index (χ2v) is 8.22. The average Bonchev–Trinajstić information content (AvgIpc) is 3.23. The van der Waals surface area contributed by atoms with Crippen LogP contribution in [-0.4, -0.2) is 33.6 Å². The number of phenolic OH excluding ortho intramolecular Hbond substituents is 1. The number of anilines is 1. The van der Waals surface area contributed by atoms with Gasteiger partial charge in [-0.25, -0.2) is 9.98 Å². The molecule has 164 valence electrons. The van der Waals surface area contributed by atoms with E-state index in [1.807, 2.05) is 42.5 Å². The van der Waals surface area contributed by atoms with Gasteiger partial charge in [-0.1, -0.05) is 30.3 Å². The van der Waals surface area contributed by atoms with E-state index in [9.17, 15) is 5.11 Å². The third kappa shape index (κ3) is 3.02. The van der Waals surface area contributed by atoms with Crippen molar-refractivity contribution in [3.63, 3.8) is 0 Å². The summed E-state index contributed by atoms with van der Waals surface area (Å²) in [7, 11) is 0. The van der Waals surface area contributed by atoms with Crippen LogP contribution in [0, 0.1) is 0 Å². The number of imidazole rings is 1. The van der Waals surface area contributed by atoms with Crippen molar-refractivity contribution in [1.82, 2.24) is 9.55 Å². The molecule has 1 unspecified atom stereocenters. The van der Waals surface area contributed by atoms with Crippen molar-refractivity contribution in [2.45, 2.75) is 20.0 Å². The number of aromatic hydroxyl groups is 1. The first-order chi connectivity index (χ1) is 16.2. The normalized spacial score (nSPS) is 16.2. The van der Waals surface area contributed by atoms with Gasteiger partial charge in [-0.3, -0.25) is 4.57 Å². The Morgan fingerprint density at radius 2 is 1.79 bits per heavy atom. The Hall–Kier alpha value is -4.06. The number of nitrogens with zero attached hydrogens (tertiary/aromatic N) is 4. The first-order valence-electron chi connectivity index (χ1n) is 11.3. The van der Waals surface area contributed by atoms with E-state index in [4.69, 9.17) is 14.7 Å². The fourth-order valence-corrected chi connectivity index (χ4v) is 4.71. The Morgan fingerprint density at radius 3 is 2.61 bits per heavy atom. The molecule has 3 heterocycles. The number of rotatable bonds is 4. The molecule has 0 saturated heterocycles. The van der Waals surface area contributed by atoms with Crippen LogP contribution < -0.4 is 9.64 Å². The van der Waals surface area contributed by atoms with E-state index in [1.165, 1.54) is 0 Å². The third-order valence-corrected chi connectivity index (χ3v) is 6.40. The van der Waals surface area contributed by atoms with Crippen LogP contribution in [0.4, 0.5) is 5.69 Å². The predicted molar refractivity (Wildman–Crippen MR) is 132 cm³/mol. The molecule has 0 radical (unpaired) electrons. The number of aromatic nitrogens is 2. The minimum absolute atomic E-state index is 0.197. The molecule has 2 aliphatic heterocycles. The van der Waals surface area contributed by atoms with Crippen LogP contribution in [0.2, 0.25) is 0 Å². The summed E-state index contributed by atoms with van der Waals surface area (Å²) in [6, 6.07) is 21.6. The lowest BCUT2D eigenvalue weighted by atomic mass is 10.0. The summed E-state index contributed by atoms with van der Waals surface area (Å²) in [5, 5.41) is 10.6. The van der Waals surface area contributed by atoms with E-state index >= 15 is 0 Å². The quantitative estimate of drug-likeness (QED) is 0.460. The van der Waals surface area contributed by atoms with Crippen molar-refractivity contribution in [2.75, 3.05) is 18.0 Å². The Kier molecular flexibility index (Phi) is 4.47. The molecule has 6 heteroatoms. The largest absolute Gasteiger partial charge is 0.508 e. The number of aliphatic imine (C=N–C) groups is 1. The highest BCUT2D eigenvalue weighted by atomic mass is 16.5. The van der Waals surface area contributed by atoms with E-state index in [2.05, 4.69) is 47.6 Å². The fourth-order valence-electron chi connectivity index (χ4n) is 4.71. The Bertz CT molecular complexity index is 1450. The van der Waals surface area contributed by atoms with Gasteiger partial charge in [0.25, 0.3) is 0 Å². The zero-order valence-corrected chi connectivity index (χ0v) is 18.6. The van der Waals surface area contributed by atoms with Gasteiger partial charge in [0.15, 0.2) is 6.17 Å². The minimum atomic E-state index is -0.478. The maximum Gasteiger partial charge on any atom is 0.228 e. The number of ether oxygens (including phenoxy) is 1. The molecule has 4 aromatic rings. The van der Waals surface area contributed by atoms with Crippen LogP contribution in [0.15, 0.2) is 71.7 Å². The van der Waals surface area contributed by atoms with Crippen LogP contribution in [0.25, 0.3) is 22.7 Å². The maximum atomic E-state index is 10.6. The highest BCUT2D eigenvalue weighted by Gasteiger charge is 2.34. The molecule has 0 aliphatic carbocycles. The van der Waals surface area contributed by atoms with Gasteiger partial charge in [0.1, 0.15) is 17.3 Å². The molecule has 1 N–H and O–H groups in total. The van der Waals surface area contributed by atoms with E-state index in [1.54, 1.807) is 6.07 Å². The summed E-state index contributed by atoms with van der Waals surface area (Å²) in [6.45, 7) is 6.15. The summed E-state index contributed by atoms with van der Waals surface area (Å²) in [5.74, 6) is 2.29. The van der Waals surface area contributed by atoms with Crippen LogP contribution >= 0.6 is 0 Å². The Balaban J connectivity index is 1.56. The van der Waals surface area contributed by atoms with Crippen molar-refractivity contribution in [3.8, 4) is 11.5 Å². The first kappa shape index (κ1) is 19.6. The molecule has 3 aromatic carbocycles. The fraction of sp³-hybridized carbons (Fsp3) is 0.185. The van der Waals surface area contributed by atoms with Gasteiger partial charge < -0.3 is 14.7 Å². The Labute approximate surface area is 192 Å². The molecule has 0 spiro atoms. The molecule has 2 aliphatic rings. The lowest BCUT2D eigenvalue weighted by Gasteiger charge is -2.29. The molecule has 1 aromatic heterocycles. The highest BCUT2D eigenvalue weighted by Crippen LogP contribution is 2.42. The number of fused-ring (bicyclic) bond motifs is 6. The maximum absolute atomic E-state index is 10.6. The zero-order valence-electron chi connectivity index (χ0n) is 18.6. The smallest absolute Gasteiger partial charge is 0.228 e. The van der Waals surface area contributed by atoms with E-state index in [0.29, 0.717) is 11.5 Å². The van der Waals surface area contributed by atoms with Gasteiger partial charge in [0.2, 0.25) is 5.90 Å². The van der Waals surface area contributed by atoms with Crippen molar-refractivity contribution >= 4 is 34.3 Å². The van der Waals surface area contributed by atoms with Crippen molar-refractivity contribution in [1.29, 1.82) is 0 Å². The lowest BCUT2D eigenvalue weighted by molar-refractivity contribution is 0.450. The second kappa shape index (κ2) is 7.52. The lowest BCUT2D eigenvalue weighted by Crippen LogP contribution is -2.27. The molecule has 1 atom stereocenters. The predicted octanol–water partition coefficient (Wildman–Crippen LogP) is 5.48. The standard InChI is InChI=1S/C27H24N4O2/c1-3-30(4-2)18-14-13-17-15-20-26-28-21-10-6-7-11-22(21)31(26)25(19-9-5-8-12-23(19)32)29-27(20)33-24(17)16-18/h5-16,25,32H,3-4H2,1-2H3. The Morgan fingerprint density at radius 1 is 1.00 bits per heavy atom. The van der Waals surface area contributed by atoms with Gasteiger partial charge in [-0.15, -0.1) is 0 Å². The second-order valence-electron chi connectivity index (χ2n) is 8.22. The van der Waals surface area contributed by atoms with Gasteiger partial charge in [0.05, 0.1) is 16.6 Å². The molecular weight excluding hydrogens is 412 g/mol. The van der Waals surface area contributed by atoms with Crippen molar-refractivity contribution in [2.24, 2.45) is 4.99 Å². The highest BCUT2D eigenvalue weighted by molar-refractivity contribution is 6.27. The molecule has 6 nitrogen and oxygen atoms in total. The van der Waals surface area contributed by atoms with E-state index in [-0.39, 0.29) is 5.75 Å². The molecule has 6 rings (SSSR count). The van der Waals surface area contributed by atoms with Crippen LogP contribution in [-0.2, 0) is 0 Å². The summed E-state index contributed by atoms with van der Waals surface area (Å²) >= 11 is 0. The minimum Gasteiger partial charge on any atom is -0.508 e. The van der Waals surface area contributed by atoms with Crippen LogP contribution in [0.1, 0.15) is 37.0 Å². The topological polar surface area (TPSA) is 62.9 Å². The SMILES string of the molecule is CCN(CC)c1ccc2c(c1)OC1=NC(c3ccccc3O)n3c(nc4ccccc43)C1=C2. The molecule has 33 heavy (non-hydrogen) atoms. The molecule has 0 fully saturated rings. The van der Waals surface area contributed by atoms with Crippen molar-refractivity contribution in [3.05, 3.63) is 83.7 Å². The first-order valence-corrected chi connectivity index (χ1v) is 11.3. The van der Waals surface area contributed by atoms with E-state index in [0.717, 1.165) is 52.5 Å². The van der Waals surface area contributed by atoms with Crippen LogP contribution in [0.5, 0.6) is 11.5 Å². The monoisotopic (exact) mass is 436 g/mol. The number of phenols is 1. The molecule has 0 amide bonds. The molecule has 0 saturated carbocycles.